The highest BCUT2D eigenvalue weighted by molar-refractivity contribution is 7.88. The van der Waals surface area contributed by atoms with Crippen LogP contribution >= 0.6 is 0 Å². The highest BCUT2D eigenvalue weighted by atomic mass is 32.2. The van der Waals surface area contributed by atoms with E-state index in [1.807, 2.05) is 13.8 Å². The van der Waals surface area contributed by atoms with E-state index >= 15 is 0 Å². The van der Waals surface area contributed by atoms with Gasteiger partial charge in [0.25, 0.3) is 0 Å². The van der Waals surface area contributed by atoms with Crippen molar-refractivity contribution in [3.05, 3.63) is 0 Å². The van der Waals surface area contributed by atoms with E-state index in [0.717, 1.165) is 10.6 Å². The minimum Gasteiger partial charge on any atom is -0.395 e. The highest BCUT2D eigenvalue weighted by Gasteiger charge is 2.07. The second kappa shape index (κ2) is 6.57. The Hall–Kier alpha value is -0.130. The fraction of sp³-hybridized carbons (Fsp3) is 1.00. The third-order valence-electron chi connectivity index (χ3n) is 0.981. The lowest BCUT2D eigenvalue weighted by molar-refractivity contribution is 0.267. The van der Waals surface area contributed by atoms with Crippen LogP contribution in [0.4, 0.5) is 0 Å². The first kappa shape index (κ1) is 13.5. The Morgan fingerprint density at radius 1 is 1.36 bits per heavy atom. The van der Waals surface area contributed by atoms with Crippen molar-refractivity contribution in [3.8, 4) is 0 Å². The van der Waals surface area contributed by atoms with Crippen molar-refractivity contribution in [2.24, 2.45) is 0 Å². The minimum absolute atomic E-state index is 0.135. The Kier molecular flexibility index (Phi) is 8.04. The van der Waals surface area contributed by atoms with Crippen LogP contribution < -0.4 is 0 Å². The molecule has 11 heavy (non-hydrogen) atoms. The fourth-order valence-electron chi connectivity index (χ4n) is 0.307. The average molecular weight is 183 g/mol. The van der Waals surface area contributed by atoms with Crippen LogP contribution in [0.3, 0.4) is 0 Å². The average Bonchev–Trinajstić information content (AvgIpc) is 1.91. The number of sulfonamides is 1. The standard InChI is InChI=1S/C4H11NO3S.C2H6/c1-5(3-4-6)9(2,7)8;1-2/h6H,3-4H2,1-2H3;1-2H3. The molecule has 0 aliphatic carbocycles. The molecule has 0 unspecified atom stereocenters. The topological polar surface area (TPSA) is 57.6 Å². The van der Waals surface area contributed by atoms with Crippen molar-refractivity contribution < 1.29 is 13.5 Å². The summed E-state index contributed by atoms with van der Waals surface area (Å²) in [6, 6.07) is 0. The Morgan fingerprint density at radius 2 is 1.73 bits per heavy atom. The van der Waals surface area contributed by atoms with E-state index in [2.05, 4.69) is 0 Å². The van der Waals surface area contributed by atoms with Crippen LogP contribution in [0, 0.1) is 0 Å². The minimum atomic E-state index is -3.09. The maximum atomic E-state index is 10.5. The molecule has 0 saturated heterocycles. The molecule has 0 atom stereocenters. The number of nitrogens with zero attached hydrogens (tertiary/aromatic N) is 1. The normalized spacial score (nSPS) is 10.7. The third kappa shape index (κ3) is 7.77. The molecule has 0 aromatic carbocycles. The summed E-state index contributed by atoms with van der Waals surface area (Å²) in [6.07, 6.45) is 1.10. The van der Waals surface area contributed by atoms with Crippen LogP contribution in [0.5, 0.6) is 0 Å². The molecule has 70 valence electrons. The van der Waals surface area contributed by atoms with Gasteiger partial charge in [-0.15, -0.1) is 0 Å². The second-order valence-corrected chi connectivity index (χ2v) is 3.90. The van der Waals surface area contributed by atoms with E-state index in [1.165, 1.54) is 7.05 Å². The highest BCUT2D eigenvalue weighted by Crippen LogP contribution is 1.89. The van der Waals surface area contributed by atoms with Gasteiger partial charge in [0.15, 0.2) is 0 Å². The first-order chi connectivity index (χ1) is 4.98. The van der Waals surface area contributed by atoms with Gasteiger partial charge in [-0.2, -0.15) is 0 Å². The van der Waals surface area contributed by atoms with E-state index in [-0.39, 0.29) is 13.2 Å². The number of rotatable bonds is 3. The summed E-state index contributed by atoms with van der Waals surface area (Å²) in [5.74, 6) is 0. The predicted octanol–water partition coefficient (Wildman–Crippen LogP) is -0.104. The Bertz CT molecular complexity index is 165. The molecule has 0 rings (SSSR count). The first-order valence-electron chi connectivity index (χ1n) is 3.50. The summed E-state index contributed by atoms with van der Waals surface area (Å²) in [6.45, 7) is 4.03. The molecule has 0 bridgehead atoms. The van der Waals surface area contributed by atoms with Gasteiger partial charge in [-0.05, 0) is 0 Å². The van der Waals surface area contributed by atoms with Gasteiger partial charge in [0, 0.05) is 13.6 Å². The summed E-state index contributed by atoms with van der Waals surface area (Å²) in [5.41, 5.74) is 0. The molecule has 0 aliphatic rings. The van der Waals surface area contributed by atoms with E-state index in [4.69, 9.17) is 5.11 Å². The molecule has 4 nitrogen and oxygen atoms in total. The van der Waals surface area contributed by atoms with Gasteiger partial charge in [-0.25, -0.2) is 12.7 Å². The lowest BCUT2D eigenvalue weighted by Crippen LogP contribution is -2.28. The molecule has 0 aliphatic heterocycles. The van der Waals surface area contributed by atoms with Crippen LogP contribution in [0.15, 0.2) is 0 Å². The number of hydrogen-bond donors (Lipinski definition) is 1. The van der Waals surface area contributed by atoms with Gasteiger partial charge in [-0.3, -0.25) is 0 Å². The van der Waals surface area contributed by atoms with Gasteiger partial charge >= 0.3 is 0 Å². The van der Waals surface area contributed by atoms with Crippen molar-refractivity contribution in [3.63, 3.8) is 0 Å². The molecular weight excluding hydrogens is 166 g/mol. The molecule has 0 heterocycles. The SMILES string of the molecule is CC.CN(CCO)S(C)(=O)=O. The first-order valence-corrected chi connectivity index (χ1v) is 5.35. The van der Waals surface area contributed by atoms with E-state index in [0.29, 0.717) is 0 Å². The van der Waals surface area contributed by atoms with E-state index in [1.54, 1.807) is 0 Å². The maximum Gasteiger partial charge on any atom is 0.211 e. The Morgan fingerprint density at radius 3 is 1.82 bits per heavy atom. The smallest absolute Gasteiger partial charge is 0.211 e. The van der Waals surface area contributed by atoms with Gasteiger partial charge in [-0.1, -0.05) is 13.8 Å². The molecule has 0 aromatic rings. The largest absolute Gasteiger partial charge is 0.395 e. The Labute approximate surface area is 68.9 Å². The zero-order chi connectivity index (χ0) is 9.49. The lowest BCUT2D eigenvalue weighted by atomic mass is 10.7. The van der Waals surface area contributed by atoms with Crippen LogP contribution in [-0.4, -0.2) is 44.3 Å². The molecule has 0 amide bonds. The van der Waals surface area contributed by atoms with E-state index in [9.17, 15) is 8.42 Å². The molecule has 5 heteroatoms. The molecule has 1 N–H and O–H groups in total. The monoisotopic (exact) mass is 183 g/mol. The Balaban J connectivity index is 0. The van der Waals surface area contributed by atoms with Crippen molar-refractivity contribution in [1.82, 2.24) is 4.31 Å². The van der Waals surface area contributed by atoms with Crippen molar-refractivity contribution >= 4 is 10.0 Å². The summed E-state index contributed by atoms with van der Waals surface area (Å²) in [4.78, 5) is 0. The lowest BCUT2D eigenvalue weighted by Gasteiger charge is -2.10. The van der Waals surface area contributed by atoms with Crippen molar-refractivity contribution in [2.75, 3.05) is 26.5 Å². The predicted molar refractivity (Wildman–Crippen MR) is 45.9 cm³/mol. The zero-order valence-electron chi connectivity index (χ0n) is 7.53. The van der Waals surface area contributed by atoms with E-state index < -0.39 is 10.0 Å². The maximum absolute atomic E-state index is 10.5. The molecular formula is C6H17NO3S. The van der Waals surface area contributed by atoms with Crippen molar-refractivity contribution in [2.45, 2.75) is 13.8 Å². The zero-order valence-corrected chi connectivity index (χ0v) is 8.35. The molecule has 0 fully saturated rings. The fourth-order valence-corrected chi connectivity index (χ4v) is 0.720. The number of likely N-dealkylation sites (N-methyl/N-ethyl adjacent to an activating group) is 1. The quantitative estimate of drug-likeness (QED) is 0.664. The van der Waals surface area contributed by atoms with Gasteiger partial charge in [0.05, 0.1) is 12.9 Å². The van der Waals surface area contributed by atoms with Crippen molar-refractivity contribution in [1.29, 1.82) is 0 Å². The molecule has 0 saturated carbocycles. The molecule has 0 aromatic heterocycles. The summed E-state index contributed by atoms with van der Waals surface area (Å²) in [7, 11) is -1.67. The van der Waals surface area contributed by atoms with Crippen LogP contribution in [0.25, 0.3) is 0 Å². The van der Waals surface area contributed by atoms with Crippen LogP contribution in [-0.2, 0) is 10.0 Å². The summed E-state index contributed by atoms with van der Waals surface area (Å²) >= 11 is 0. The number of aliphatic hydroxyl groups is 1. The summed E-state index contributed by atoms with van der Waals surface area (Å²) in [5, 5.41) is 8.29. The van der Waals surface area contributed by atoms with Gasteiger partial charge in [0.1, 0.15) is 0 Å². The van der Waals surface area contributed by atoms with Gasteiger partial charge in [0.2, 0.25) is 10.0 Å². The van der Waals surface area contributed by atoms with Crippen LogP contribution in [0.2, 0.25) is 0 Å². The molecule has 0 spiro atoms. The summed E-state index contributed by atoms with van der Waals surface area (Å²) < 4.78 is 22.2. The number of aliphatic hydroxyl groups excluding tert-OH is 1. The van der Waals surface area contributed by atoms with Crippen LogP contribution in [0.1, 0.15) is 13.8 Å². The second-order valence-electron chi connectivity index (χ2n) is 1.81. The third-order valence-corrected chi connectivity index (χ3v) is 2.30. The van der Waals surface area contributed by atoms with Gasteiger partial charge < -0.3 is 5.11 Å². The number of hydrogen-bond acceptors (Lipinski definition) is 3. The molecule has 0 radical (unpaired) electrons.